The van der Waals surface area contributed by atoms with Gasteiger partial charge in [-0.15, -0.1) is 0 Å². The summed E-state index contributed by atoms with van der Waals surface area (Å²) in [5.74, 6) is 2.02. The number of H-pyrrole nitrogens is 1. The van der Waals surface area contributed by atoms with Crippen molar-refractivity contribution in [2.75, 3.05) is 32.8 Å². The number of aromatic amines is 1. The topological polar surface area (TPSA) is 129 Å². The molecule has 1 atom stereocenters. The van der Waals surface area contributed by atoms with E-state index in [-0.39, 0.29) is 12.7 Å². The summed E-state index contributed by atoms with van der Waals surface area (Å²) in [5.41, 5.74) is 8.61. The summed E-state index contributed by atoms with van der Waals surface area (Å²) >= 11 is 6.82. The zero-order valence-electron chi connectivity index (χ0n) is 29.7. The van der Waals surface area contributed by atoms with Crippen LogP contribution in [0, 0.1) is 25.2 Å². The van der Waals surface area contributed by atoms with Crippen LogP contribution in [0.2, 0.25) is 5.02 Å². The van der Waals surface area contributed by atoms with E-state index < -0.39 is 0 Å². The van der Waals surface area contributed by atoms with Crippen molar-refractivity contribution in [3.8, 4) is 34.4 Å². The Hall–Kier alpha value is -4.92. The van der Waals surface area contributed by atoms with E-state index in [0.29, 0.717) is 41.8 Å². The lowest BCUT2D eigenvalue weighted by Gasteiger charge is -2.19. The molecular weight excluding hydrogens is 676 g/mol. The molecule has 270 valence electrons. The number of hydrogen-bond donors (Lipinski definition) is 3. The van der Waals surface area contributed by atoms with Gasteiger partial charge in [-0.3, -0.25) is 10.1 Å². The van der Waals surface area contributed by atoms with Gasteiger partial charge in [-0.2, -0.15) is 10.4 Å². The molecule has 0 radical (unpaired) electrons. The molecule has 3 aromatic carbocycles. The monoisotopic (exact) mass is 720 g/mol. The molecule has 5 aromatic rings. The third kappa shape index (κ3) is 9.69. The van der Waals surface area contributed by atoms with Crippen molar-refractivity contribution in [2.45, 2.75) is 59.0 Å². The number of nitrogens with zero attached hydrogens (tertiary/aromatic N) is 4. The number of likely N-dealkylation sites (tertiary alicyclic amines) is 1. The summed E-state index contributed by atoms with van der Waals surface area (Å²) in [6.07, 6.45) is 7.37. The SMILES string of the molecule is Cc1c(COc2cc(OCc3cncc(C#N)c3)c(CNCCc3cc[nH]n3)cc2Cl)cccc1-c1cccc(OCCCN2CCC(O)C2)c1C. The molecule has 3 N–H and O–H groups in total. The fourth-order valence-corrected chi connectivity index (χ4v) is 6.69. The van der Waals surface area contributed by atoms with Crippen LogP contribution in [-0.4, -0.2) is 64.1 Å². The van der Waals surface area contributed by atoms with E-state index in [4.69, 9.17) is 25.8 Å². The molecule has 0 spiro atoms. The van der Waals surface area contributed by atoms with Crippen molar-refractivity contribution in [3.63, 3.8) is 0 Å². The van der Waals surface area contributed by atoms with E-state index in [1.807, 2.05) is 36.5 Å². The van der Waals surface area contributed by atoms with E-state index in [9.17, 15) is 10.4 Å². The predicted molar refractivity (Wildman–Crippen MR) is 202 cm³/mol. The average molecular weight is 721 g/mol. The highest BCUT2D eigenvalue weighted by Gasteiger charge is 2.20. The van der Waals surface area contributed by atoms with Crippen LogP contribution >= 0.6 is 11.6 Å². The van der Waals surface area contributed by atoms with Crippen LogP contribution in [0.4, 0.5) is 0 Å². The largest absolute Gasteiger partial charge is 0.493 e. The van der Waals surface area contributed by atoms with E-state index >= 15 is 0 Å². The molecule has 11 heteroatoms. The Kier molecular flexibility index (Phi) is 12.8. The molecule has 2 aromatic heterocycles. The number of aliphatic hydroxyl groups excluding tert-OH is 1. The number of nitriles is 1. The van der Waals surface area contributed by atoms with Crippen molar-refractivity contribution in [1.82, 2.24) is 25.4 Å². The fourth-order valence-electron chi connectivity index (χ4n) is 6.45. The van der Waals surface area contributed by atoms with Crippen molar-refractivity contribution in [1.29, 1.82) is 5.26 Å². The molecule has 0 saturated carbocycles. The Balaban J connectivity index is 1.14. The highest BCUT2D eigenvalue weighted by Crippen LogP contribution is 2.36. The number of aliphatic hydroxyl groups is 1. The van der Waals surface area contributed by atoms with Gasteiger partial charge in [-0.25, -0.2) is 0 Å². The third-order valence-corrected chi connectivity index (χ3v) is 9.69. The second kappa shape index (κ2) is 18.0. The van der Waals surface area contributed by atoms with E-state index in [0.717, 1.165) is 95.8 Å². The van der Waals surface area contributed by atoms with Gasteiger partial charge in [0.15, 0.2) is 0 Å². The lowest BCUT2D eigenvalue weighted by Crippen LogP contribution is -2.24. The molecule has 52 heavy (non-hydrogen) atoms. The first-order chi connectivity index (χ1) is 25.4. The summed E-state index contributed by atoms with van der Waals surface area (Å²) in [6, 6.07) is 22.0. The van der Waals surface area contributed by atoms with Crippen LogP contribution in [0.5, 0.6) is 17.2 Å². The van der Waals surface area contributed by atoms with Gasteiger partial charge in [-0.1, -0.05) is 41.9 Å². The van der Waals surface area contributed by atoms with Gasteiger partial charge in [0.25, 0.3) is 0 Å². The van der Waals surface area contributed by atoms with Gasteiger partial charge in [0.2, 0.25) is 0 Å². The smallest absolute Gasteiger partial charge is 0.142 e. The van der Waals surface area contributed by atoms with Gasteiger partial charge >= 0.3 is 0 Å². The minimum Gasteiger partial charge on any atom is -0.493 e. The Labute approximate surface area is 310 Å². The number of pyridine rings is 1. The number of ether oxygens (including phenoxy) is 3. The summed E-state index contributed by atoms with van der Waals surface area (Å²) in [4.78, 5) is 6.46. The molecule has 1 aliphatic rings. The van der Waals surface area contributed by atoms with Crippen molar-refractivity contribution < 1.29 is 19.3 Å². The van der Waals surface area contributed by atoms with E-state index in [2.05, 4.69) is 69.6 Å². The molecule has 0 aliphatic carbocycles. The van der Waals surface area contributed by atoms with Gasteiger partial charge in [0, 0.05) is 74.9 Å². The van der Waals surface area contributed by atoms with Gasteiger partial charge in [0.05, 0.1) is 29.0 Å². The second-order valence-electron chi connectivity index (χ2n) is 13.1. The van der Waals surface area contributed by atoms with Crippen molar-refractivity contribution in [3.05, 3.63) is 123 Å². The highest BCUT2D eigenvalue weighted by atomic mass is 35.5. The first-order valence-corrected chi connectivity index (χ1v) is 18.1. The Morgan fingerprint density at radius 3 is 2.58 bits per heavy atom. The average Bonchev–Trinajstić information content (AvgIpc) is 3.84. The molecule has 1 fully saturated rings. The van der Waals surface area contributed by atoms with E-state index in [1.165, 1.54) is 6.20 Å². The van der Waals surface area contributed by atoms with Crippen molar-refractivity contribution >= 4 is 11.6 Å². The van der Waals surface area contributed by atoms with Crippen molar-refractivity contribution in [2.24, 2.45) is 0 Å². The number of aromatic nitrogens is 3. The van der Waals surface area contributed by atoms with Crippen LogP contribution in [-0.2, 0) is 26.2 Å². The first-order valence-electron chi connectivity index (χ1n) is 17.7. The molecule has 1 unspecified atom stereocenters. The van der Waals surface area contributed by atoms with Crippen LogP contribution in [0.25, 0.3) is 11.1 Å². The fraction of sp³-hybridized carbons (Fsp3) is 0.341. The minimum atomic E-state index is -0.201. The predicted octanol–water partition coefficient (Wildman–Crippen LogP) is 6.94. The quantitative estimate of drug-likeness (QED) is 0.0876. The highest BCUT2D eigenvalue weighted by molar-refractivity contribution is 6.32. The number of nitrogens with one attached hydrogen (secondary N) is 2. The molecular formula is C41H45ClN6O4. The summed E-state index contributed by atoms with van der Waals surface area (Å²) in [6.45, 7) is 9.27. The normalized spacial score (nSPS) is 14.3. The molecule has 3 heterocycles. The molecule has 0 bridgehead atoms. The molecule has 0 amide bonds. The zero-order chi connectivity index (χ0) is 36.3. The van der Waals surface area contributed by atoms with Gasteiger partial charge in [0.1, 0.15) is 36.5 Å². The number of halogens is 1. The minimum absolute atomic E-state index is 0.201. The maximum Gasteiger partial charge on any atom is 0.142 e. The lowest BCUT2D eigenvalue weighted by atomic mass is 9.93. The van der Waals surface area contributed by atoms with E-state index in [1.54, 1.807) is 12.3 Å². The summed E-state index contributed by atoms with van der Waals surface area (Å²) in [5, 5.41) is 30.1. The number of rotatable bonds is 17. The standard InChI is InChI=1S/C41H45ClN6O4/c1-28-32(6-3-7-36(28)37-8-4-9-39(29(37)2)50-17-5-15-48-16-12-35(49)25-48)27-52-41-20-40(51-26-31-18-30(21-43)22-45-23-31)33(19-38(41)42)24-44-13-10-34-11-14-46-47-34/h3-4,6-9,11,14,18-20,22-23,35,44,49H,5,10,12-13,15-17,24-27H2,1-2H3,(H,46,47). The van der Waals surface area contributed by atoms with Gasteiger partial charge in [-0.05, 0) is 78.8 Å². The maximum atomic E-state index is 9.80. The number of β-amino-alcohol motifs (C(OH)–C–C–N with tert-alkyl or cyclic N) is 1. The van der Waals surface area contributed by atoms with Gasteiger partial charge < -0.3 is 29.5 Å². The maximum absolute atomic E-state index is 9.80. The zero-order valence-corrected chi connectivity index (χ0v) is 30.5. The number of benzene rings is 3. The van der Waals surface area contributed by atoms with Crippen LogP contribution in [0.15, 0.2) is 79.3 Å². The second-order valence-corrected chi connectivity index (χ2v) is 13.5. The molecule has 1 saturated heterocycles. The third-order valence-electron chi connectivity index (χ3n) is 9.39. The Morgan fingerprint density at radius 1 is 0.962 bits per heavy atom. The Morgan fingerprint density at radius 2 is 1.79 bits per heavy atom. The van der Waals surface area contributed by atoms with Crippen LogP contribution in [0.3, 0.4) is 0 Å². The molecule has 10 nitrogen and oxygen atoms in total. The first kappa shape index (κ1) is 36.9. The molecule has 6 rings (SSSR count). The lowest BCUT2D eigenvalue weighted by molar-refractivity contribution is 0.173. The summed E-state index contributed by atoms with van der Waals surface area (Å²) in [7, 11) is 0. The molecule has 1 aliphatic heterocycles. The van der Waals surface area contributed by atoms with Crippen LogP contribution in [0.1, 0.15) is 51.9 Å². The number of hydrogen-bond acceptors (Lipinski definition) is 9. The van der Waals surface area contributed by atoms with Crippen LogP contribution < -0.4 is 19.5 Å². The Bertz CT molecular complexity index is 1980. The summed E-state index contributed by atoms with van der Waals surface area (Å²) < 4.78 is 18.9.